The van der Waals surface area contributed by atoms with E-state index in [1.54, 1.807) is 85.8 Å². The number of aryl methyl sites for hydroxylation is 2. The quantitative estimate of drug-likeness (QED) is 0.180. The maximum atomic E-state index is 12.9. The molecule has 0 saturated carbocycles. The molecule has 0 spiro atoms. The third-order valence-corrected chi connectivity index (χ3v) is 7.67. The Labute approximate surface area is 240 Å². The van der Waals surface area contributed by atoms with Crippen LogP contribution in [0.1, 0.15) is 22.4 Å². The van der Waals surface area contributed by atoms with E-state index in [0.29, 0.717) is 49.4 Å². The van der Waals surface area contributed by atoms with Gasteiger partial charge in [-0.15, -0.1) is 0 Å². The third kappa shape index (κ3) is 5.53. The molecule has 0 saturated heterocycles. The van der Waals surface area contributed by atoms with Gasteiger partial charge in [-0.2, -0.15) is 5.26 Å². The monoisotopic (exact) mass is 592 g/mol. The molecule has 0 radical (unpaired) electrons. The number of pyridine rings is 1. The Morgan fingerprint density at radius 2 is 1.76 bits per heavy atom. The molecule has 210 valence electrons. The molecule has 0 aliphatic heterocycles. The topological polar surface area (TPSA) is 143 Å². The number of imidazole rings is 1. The van der Waals surface area contributed by atoms with Crippen molar-refractivity contribution >= 4 is 30.7 Å². The second kappa shape index (κ2) is 11.2. The van der Waals surface area contributed by atoms with Crippen LogP contribution in [0.5, 0.6) is 0 Å². The average Bonchev–Trinajstić information content (AvgIpc) is 3.39. The zero-order valence-corrected chi connectivity index (χ0v) is 23.8. The molecular formula is C29H26ClN4O6P. The Bertz CT molecular complexity index is 1840. The van der Waals surface area contributed by atoms with Crippen molar-refractivity contribution in [3.8, 4) is 17.2 Å². The summed E-state index contributed by atoms with van der Waals surface area (Å²) in [6.07, 6.45) is 3.20. The Morgan fingerprint density at radius 3 is 2.41 bits per heavy atom. The minimum atomic E-state index is -4.92. The average molecular weight is 593 g/mol. The summed E-state index contributed by atoms with van der Waals surface area (Å²) in [5, 5.41) is 10.7. The van der Waals surface area contributed by atoms with Crippen LogP contribution in [0.4, 0.5) is 0 Å². The number of rotatable bonds is 8. The van der Waals surface area contributed by atoms with Crippen molar-refractivity contribution in [2.24, 2.45) is 14.1 Å². The number of nitrogens with zero attached hydrogens (tertiary/aromatic N) is 4. The number of aromatic nitrogens is 3. The maximum absolute atomic E-state index is 12.9. The van der Waals surface area contributed by atoms with Gasteiger partial charge in [-0.05, 0) is 0 Å². The van der Waals surface area contributed by atoms with E-state index in [4.69, 9.17) is 20.9 Å². The zero-order valence-electron chi connectivity index (χ0n) is 22.0. The molecule has 0 fully saturated rings. The van der Waals surface area contributed by atoms with Gasteiger partial charge in [-0.1, -0.05) is 0 Å². The first kappa shape index (κ1) is 28.6. The predicted octanol–water partition coefficient (Wildman–Crippen LogP) is 4.13. The molecule has 3 aromatic carbocycles. The molecule has 10 nitrogen and oxygen atoms in total. The summed E-state index contributed by atoms with van der Waals surface area (Å²) in [6, 6.07) is 23.0. The van der Waals surface area contributed by atoms with Gasteiger partial charge in [0.2, 0.25) is 0 Å². The van der Waals surface area contributed by atoms with Crippen LogP contribution < -0.4 is 5.56 Å². The van der Waals surface area contributed by atoms with Gasteiger partial charge in [0.25, 0.3) is 0 Å². The SMILES string of the molecule is Cn1cncc1[C@@](OCO[PH](O)(O)O)(c1ccc(Cl)cc1)c1ccc2c(c1)c(-c1cccc(C#N)c1)cc(=O)n2C. The van der Waals surface area contributed by atoms with Crippen LogP contribution in [-0.4, -0.2) is 35.6 Å². The molecule has 1 atom stereocenters. The second-order valence-corrected chi connectivity index (χ2v) is 11.3. The molecule has 0 aliphatic carbocycles. The summed E-state index contributed by atoms with van der Waals surface area (Å²) < 4.78 is 14.5. The van der Waals surface area contributed by atoms with Crippen molar-refractivity contribution < 1.29 is 23.9 Å². The van der Waals surface area contributed by atoms with Crippen LogP contribution in [0.15, 0.2) is 90.1 Å². The molecular weight excluding hydrogens is 567 g/mol. The molecule has 0 amide bonds. The molecule has 0 bridgehead atoms. The standard InChI is InChI=1S/C29H26ClN4O6P/c1-33-17-32-16-27(33)29(39-18-40-41(36,37)38,21-6-9-23(30)10-7-21)22-8-11-26-25(13-22)24(14-28(35)34(26)2)20-5-3-4-19(12-20)15-31/h3-14,16-17,36-38,41H,18H2,1-2H3/t29-/m1/s1. The van der Waals surface area contributed by atoms with Crippen LogP contribution >= 0.6 is 19.8 Å². The number of halogens is 1. The molecule has 12 heteroatoms. The van der Waals surface area contributed by atoms with Crippen LogP contribution in [0.2, 0.25) is 5.02 Å². The summed E-state index contributed by atoms with van der Waals surface area (Å²) in [6.45, 7) is -0.689. The second-order valence-electron chi connectivity index (χ2n) is 9.44. The first-order chi connectivity index (χ1) is 19.5. The van der Waals surface area contributed by atoms with Gasteiger partial charge in [-0.3, -0.25) is 0 Å². The van der Waals surface area contributed by atoms with Crippen molar-refractivity contribution in [3.05, 3.63) is 123 Å². The first-order valence-corrected chi connectivity index (χ1v) is 14.5. The van der Waals surface area contributed by atoms with E-state index < -0.39 is 20.6 Å². The summed E-state index contributed by atoms with van der Waals surface area (Å²) >= 11 is 6.22. The summed E-state index contributed by atoms with van der Waals surface area (Å²) in [4.78, 5) is 45.8. The first-order valence-electron chi connectivity index (χ1n) is 12.4. The van der Waals surface area contributed by atoms with E-state index in [1.165, 1.54) is 10.6 Å². The van der Waals surface area contributed by atoms with Gasteiger partial charge in [-0.25, -0.2) is 0 Å². The molecule has 5 aromatic rings. The Hall–Kier alpha value is -3.91. The number of nitriles is 1. The van der Waals surface area contributed by atoms with Gasteiger partial charge >= 0.3 is 235 Å². The molecule has 0 unspecified atom stereocenters. The Kier molecular flexibility index (Phi) is 7.79. The van der Waals surface area contributed by atoms with Crippen molar-refractivity contribution in [3.63, 3.8) is 0 Å². The third-order valence-electron chi connectivity index (χ3n) is 6.91. The minimum absolute atomic E-state index is 0.224. The van der Waals surface area contributed by atoms with E-state index in [0.717, 1.165) is 0 Å². The van der Waals surface area contributed by atoms with Crippen LogP contribution in [0.3, 0.4) is 0 Å². The van der Waals surface area contributed by atoms with Gasteiger partial charge in [0.1, 0.15) is 0 Å². The Balaban J connectivity index is 1.84. The van der Waals surface area contributed by atoms with Gasteiger partial charge in [0, 0.05) is 0 Å². The summed E-state index contributed by atoms with van der Waals surface area (Å²) in [5.74, 6) is 0. The van der Waals surface area contributed by atoms with Gasteiger partial charge in [0.05, 0.1) is 0 Å². The van der Waals surface area contributed by atoms with Crippen molar-refractivity contribution in [2.45, 2.75) is 5.60 Å². The molecule has 5 rings (SSSR count). The van der Waals surface area contributed by atoms with E-state index in [1.807, 2.05) is 12.1 Å². The molecule has 0 aliphatic rings. The number of hydrogen-bond acceptors (Lipinski definition) is 8. The van der Waals surface area contributed by atoms with E-state index in [9.17, 15) is 24.7 Å². The zero-order chi connectivity index (χ0) is 29.4. The van der Waals surface area contributed by atoms with E-state index in [2.05, 4.69) is 11.1 Å². The fourth-order valence-electron chi connectivity index (χ4n) is 4.96. The fraction of sp³-hybridized carbons (Fsp3) is 0.138. The number of benzene rings is 3. The van der Waals surface area contributed by atoms with Crippen LogP contribution in [-0.2, 0) is 29.0 Å². The summed E-state index contributed by atoms with van der Waals surface area (Å²) in [5.41, 5.74) is 2.44. The normalized spacial score (nSPS) is 13.6. The van der Waals surface area contributed by atoms with Crippen LogP contribution in [0.25, 0.3) is 22.0 Å². The van der Waals surface area contributed by atoms with E-state index in [-0.39, 0.29) is 5.56 Å². The van der Waals surface area contributed by atoms with Crippen molar-refractivity contribution in [1.29, 1.82) is 5.26 Å². The van der Waals surface area contributed by atoms with E-state index >= 15 is 0 Å². The fourth-order valence-corrected chi connectivity index (χ4v) is 5.30. The number of ether oxygens (including phenoxy) is 1. The molecule has 3 N–H and O–H groups in total. The summed E-state index contributed by atoms with van der Waals surface area (Å²) in [7, 11) is -1.46. The number of hydrogen-bond donors (Lipinski definition) is 3. The van der Waals surface area contributed by atoms with Gasteiger partial charge < -0.3 is 0 Å². The molecule has 41 heavy (non-hydrogen) atoms. The van der Waals surface area contributed by atoms with Gasteiger partial charge in [0.15, 0.2) is 0 Å². The molecule has 2 heterocycles. The van der Waals surface area contributed by atoms with Crippen molar-refractivity contribution in [2.75, 3.05) is 6.79 Å². The Morgan fingerprint density at radius 1 is 1.02 bits per heavy atom. The number of fused-ring (bicyclic) bond motifs is 1. The predicted molar refractivity (Wildman–Crippen MR) is 156 cm³/mol. The van der Waals surface area contributed by atoms with Crippen molar-refractivity contribution in [1.82, 2.24) is 14.1 Å². The van der Waals surface area contributed by atoms with Crippen LogP contribution in [0, 0.1) is 11.3 Å². The molecule has 2 aromatic heterocycles.